The van der Waals surface area contributed by atoms with Crippen LogP contribution in [0.25, 0.3) is 0 Å². The summed E-state index contributed by atoms with van der Waals surface area (Å²) in [4.78, 5) is 55.5. The van der Waals surface area contributed by atoms with Crippen molar-refractivity contribution in [3.8, 4) is 5.75 Å². The number of aryl methyl sites for hydroxylation is 1. The van der Waals surface area contributed by atoms with Gasteiger partial charge >= 0.3 is 0 Å². The highest BCUT2D eigenvalue weighted by Crippen LogP contribution is 2.33. The van der Waals surface area contributed by atoms with Gasteiger partial charge in [0, 0.05) is 18.2 Å². The minimum Gasteiger partial charge on any atom is -0.494 e. The van der Waals surface area contributed by atoms with E-state index in [4.69, 9.17) is 4.74 Å². The number of benzene rings is 2. The van der Waals surface area contributed by atoms with Gasteiger partial charge in [-0.2, -0.15) is 4.98 Å². The first-order valence-corrected chi connectivity index (χ1v) is 10.2. The summed E-state index contributed by atoms with van der Waals surface area (Å²) in [6.45, 7) is 1.94. The van der Waals surface area contributed by atoms with Crippen LogP contribution in [-0.2, 0) is 9.59 Å². The van der Waals surface area contributed by atoms with Gasteiger partial charge < -0.3 is 20.7 Å². The van der Waals surface area contributed by atoms with Crippen LogP contribution in [0.4, 0.5) is 28.8 Å². The summed E-state index contributed by atoms with van der Waals surface area (Å²) in [7, 11) is 1.30. The van der Waals surface area contributed by atoms with Crippen LogP contribution in [0.15, 0.2) is 47.3 Å². The number of methoxy groups -OCH3 is 1. The van der Waals surface area contributed by atoms with Gasteiger partial charge in [-0.25, -0.2) is 0 Å². The number of non-ortho nitro benzene ring substituents is 1. The molecule has 0 unspecified atom stereocenters. The first kappa shape index (κ1) is 22.5. The molecular weight excluding hydrogens is 444 g/mol. The number of H-pyrrole nitrogens is 1. The number of aromatic nitrogens is 2. The lowest BCUT2D eigenvalue weighted by molar-refractivity contribution is -0.384. The summed E-state index contributed by atoms with van der Waals surface area (Å²) in [5, 5.41) is 19.1. The largest absolute Gasteiger partial charge is 0.494 e. The van der Waals surface area contributed by atoms with E-state index in [9.17, 15) is 24.5 Å². The predicted octanol–water partition coefficient (Wildman–Crippen LogP) is 2.80. The third-order valence-electron chi connectivity index (χ3n) is 5.24. The number of aromatic amines is 1. The number of nitrogens with one attached hydrogen (secondary N) is 4. The SMILES string of the molecule is COc1cc([N+](=O)[O-])ccc1NC(=O)[C@@H]1CC(=O)Nc2nc(Nc3ccc(C)cc3)[nH]c(=O)c21. The van der Waals surface area contributed by atoms with Gasteiger partial charge in [-0.05, 0) is 25.1 Å². The molecule has 0 aliphatic carbocycles. The first-order chi connectivity index (χ1) is 16.2. The molecular formula is C22H20N6O6. The molecule has 12 heteroatoms. The molecule has 2 heterocycles. The molecule has 3 aromatic rings. The van der Waals surface area contributed by atoms with Gasteiger partial charge in [0.2, 0.25) is 17.8 Å². The van der Waals surface area contributed by atoms with E-state index in [0.717, 1.165) is 11.6 Å². The average Bonchev–Trinajstić information content (AvgIpc) is 2.79. The van der Waals surface area contributed by atoms with Gasteiger partial charge in [0.25, 0.3) is 11.2 Å². The fourth-order valence-electron chi connectivity index (χ4n) is 3.54. The van der Waals surface area contributed by atoms with Gasteiger partial charge in [0.1, 0.15) is 11.6 Å². The Kier molecular flexibility index (Phi) is 5.95. The Morgan fingerprint density at radius 3 is 2.62 bits per heavy atom. The lowest BCUT2D eigenvalue weighted by Crippen LogP contribution is -2.36. The Hall–Kier alpha value is -4.74. The van der Waals surface area contributed by atoms with E-state index >= 15 is 0 Å². The molecule has 4 N–H and O–H groups in total. The van der Waals surface area contributed by atoms with Gasteiger partial charge in [-0.3, -0.25) is 29.5 Å². The third-order valence-corrected chi connectivity index (χ3v) is 5.24. The molecule has 0 spiro atoms. The van der Waals surface area contributed by atoms with Crippen molar-refractivity contribution in [2.24, 2.45) is 0 Å². The molecule has 2 amide bonds. The standard InChI is InChI=1S/C22H20N6O6/c1-11-3-5-12(6-4-11)23-22-26-19-18(21(31)27-22)14(10-17(29)25-19)20(30)24-15-8-7-13(28(32)33)9-16(15)34-2/h3-9,14H,10H2,1-2H3,(H,24,30)(H3,23,25,26,27,29,31)/t14-/m1/s1. The van der Waals surface area contributed by atoms with Crippen molar-refractivity contribution in [1.82, 2.24) is 9.97 Å². The van der Waals surface area contributed by atoms with Crippen LogP contribution in [0.2, 0.25) is 0 Å². The Balaban J connectivity index is 1.63. The van der Waals surface area contributed by atoms with E-state index < -0.39 is 28.2 Å². The molecule has 0 bridgehead atoms. The number of rotatable bonds is 6. The molecule has 2 aromatic carbocycles. The van der Waals surface area contributed by atoms with Crippen LogP contribution >= 0.6 is 0 Å². The number of amides is 2. The molecule has 34 heavy (non-hydrogen) atoms. The molecule has 0 saturated carbocycles. The number of carbonyl (C=O) groups is 2. The minimum absolute atomic E-state index is 0.00688. The third kappa shape index (κ3) is 4.55. The van der Waals surface area contributed by atoms with Crippen LogP contribution in [0.3, 0.4) is 0 Å². The number of carbonyl (C=O) groups excluding carboxylic acids is 2. The number of nitrogens with zero attached hydrogens (tertiary/aromatic N) is 2. The fraction of sp³-hybridized carbons (Fsp3) is 0.182. The second kappa shape index (κ2) is 9.02. The van der Waals surface area contributed by atoms with E-state index in [-0.39, 0.29) is 40.9 Å². The number of nitro benzene ring substituents is 1. The van der Waals surface area contributed by atoms with Crippen LogP contribution in [0.5, 0.6) is 5.75 Å². The van der Waals surface area contributed by atoms with Gasteiger partial charge in [-0.1, -0.05) is 17.7 Å². The second-order valence-electron chi connectivity index (χ2n) is 7.60. The van der Waals surface area contributed by atoms with Crippen LogP contribution in [0.1, 0.15) is 23.5 Å². The van der Waals surface area contributed by atoms with Crippen molar-refractivity contribution >= 4 is 40.6 Å². The van der Waals surface area contributed by atoms with E-state index in [2.05, 4.69) is 25.9 Å². The van der Waals surface area contributed by atoms with Gasteiger partial charge in [0.15, 0.2) is 0 Å². The summed E-state index contributed by atoms with van der Waals surface area (Å²) >= 11 is 0. The van der Waals surface area contributed by atoms with Gasteiger partial charge in [-0.15, -0.1) is 0 Å². The summed E-state index contributed by atoms with van der Waals surface area (Å²) in [6.07, 6.45) is -0.274. The maximum absolute atomic E-state index is 13.0. The lowest BCUT2D eigenvalue weighted by atomic mass is 9.92. The highest BCUT2D eigenvalue weighted by Gasteiger charge is 2.35. The van der Waals surface area contributed by atoms with Crippen molar-refractivity contribution in [2.45, 2.75) is 19.3 Å². The maximum atomic E-state index is 13.0. The molecule has 174 valence electrons. The lowest BCUT2D eigenvalue weighted by Gasteiger charge is -2.24. The molecule has 12 nitrogen and oxygen atoms in total. The molecule has 0 saturated heterocycles. The number of hydrogen-bond acceptors (Lipinski definition) is 8. The first-order valence-electron chi connectivity index (χ1n) is 10.2. The monoisotopic (exact) mass is 464 g/mol. The zero-order valence-corrected chi connectivity index (χ0v) is 18.2. The maximum Gasteiger partial charge on any atom is 0.273 e. The van der Waals surface area contributed by atoms with E-state index in [0.29, 0.717) is 5.69 Å². The van der Waals surface area contributed by atoms with Gasteiger partial charge in [0.05, 0.1) is 35.3 Å². The number of nitro groups is 1. The second-order valence-corrected chi connectivity index (χ2v) is 7.60. The quantitative estimate of drug-likeness (QED) is 0.319. The van der Waals surface area contributed by atoms with Crippen molar-refractivity contribution < 1.29 is 19.2 Å². The number of fused-ring (bicyclic) bond motifs is 1. The summed E-state index contributed by atoms with van der Waals surface area (Å²) in [6, 6.07) is 11.1. The summed E-state index contributed by atoms with van der Waals surface area (Å²) < 4.78 is 5.13. The number of ether oxygens (including phenoxy) is 1. The van der Waals surface area contributed by atoms with E-state index in [1.165, 1.54) is 19.2 Å². The molecule has 0 radical (unpaired) electrons. The smallest absolute Gasteiger partial charge is 0.273 e. The average molecular weight is 464 g/mol. The predicted molar refractivity (Wildman–Crippen MR) is 124 cm³/mol. The molecule has 1 atom stereocenters. The molecule has 1 aromatic heterocycles. The van der Waals surface area contributed by atoms with Crippen molar-refractivity contribution in [3.05, 3.63) is 74.1 Å². The van der Waals surface area contributed by atoms with Crippen molar-refractivity contribution in [1.29, 1.82) is 0 Å². The highest BCUT2D eigenvalue weighted by molar-refractivity contribution is 6.05. The highest BCUT2D eigenvalue weighted by atomic mass is 16.6. The number of hydrogen-bond donors (Lipinski definition) is 4. The Bertz CT molecular complexity index is 1350. The Morgan fingerprint density at radius 1 is 1.21 bits per heavy atom. The minimum atomic E-state index is -1.13. The molecule has 4 rings (SSSR count). The molecule has 0 fully saturated rings. The molecule has 1 aliphatic heterocycles. The van der Waals surface area contributed by atoms with Crippen molar-refractivity contribution in [2.75, 3.05) is 23.1 Å². The van der Waals surface area contributed by atoms with E-state index in [1.54, 1.807) is 12.1 Å². The Morgan fingerprint density at radius 2 is 1.94 bits per heavy atom. The van der Waals surface area contributed by atoms with E-state index in [1.807, 2.05) is 19.1 Å². The van der Waals surface area contributed by atoms with Crippen molar-refractivity contribution in [3.63, 3.8) is 0 Å². The Labute approximate surface area is 192 Å². The fourth-order valence-corrected chi connectivity index (χ4v) is 3.54. The summed E-state index contributed by atoms with van der Waals surface area (Å²) in [5.74, 6) is -2.13. The summed E-state index contributed by atoms with van der Waals surface area (Å²) in [5.41, 5.74) is 1.10. The normalized spacial score (nSPS) is 14.5. The molecule has 1 aliphatic rings. The van der Waals surface area contributed by atoms with Crippen LogP contribution < -0.4 is 26.2 Å². The zero-order valence-electron chi connectivity index (χ0n) is 18.2. The topological polar surface area (TPSA) is 168 Å². The van der Waals surface area contributed by atoms with Crippen LogP contribution in [0, 0.1) is 17.0 Å². The zero-order chi connectivity index (χ0) is 24.4. The van der Waals surface area contributed by atoms with Crippen LogP contribution in [-0.4, -0.2) is 33.8 Å². The number of anilines is 4.